The summed E-state index contributed by atoms with van der Waals surface area (Å²) in [5.41, 5.74) is 3.52. The first-order chi connectivity index (χ1) is 4.86. The Morgan fingerprint density at radius 3 is 2.58 bits per heavy atom. The quantitative estimate of drug-likeness (QED) is 0.533. The van der Waals surface area contributed by atoms with E-state index in [9.17, 15) is 0 Å². The van der Waals surface area contributed by atoms with E-state index in [1.807, 2.05) is 6.07 Å². The Hall–Kier alpha value is -1.02. The summed E-state index contributed by atoms with van der Waals surface area (Å²) in [6.07, 6.45) is 3.02. The maximum absolute atomic E-state index is 8.40. The van der Waals surface area contributed by atoms with E-state index in [-0.39, 0.29) is 24.8 Å². The summed E-state index contributed by atoms with van der Waals surface area (Å²) < 4.78 is 0. The number of nitrogens with one attached hydrogen (secondary N) is 1. The molecule has 0 aliphatic rings. The molecule has 1 aromatic heterocycles. The van der Waals surface area contributed by atoms with Crippen molar-refractivity contribution in [1.29, 1.82) is 5.26 Å². The van der Waals surface area contributed by atoms with Gasteiger partial charge in [0.2, 0.25) is 0 Å². The number of hydrogen-bond donors (Lipinski definition) is 2. The molecule has 0 atom stereocenters. The minimum absolute atomic E-state index is 0. The molecular weight excluding hydrogens is 199 g/mol. The number of anilines is 1. The van der Waals surface area contributed by atoms with Crippen LogP contribution in [0.1, 0.15) is 5.56 Å². The van der Waals surface area contributed by atoms with E-state index in [4.69, 9.17) is 11.1 Å². The van der Waals surface area contributed by atoms with Crippen molar-refractivity contribution in [3.8, 4) is 6.07 Å². The van der Waals surface area contributed by atoms with E-state index < -0.39 is 0 Å². The van der Waals surface area contributed by atoms with Crippen LogP contribution in [-0.2, 0) is 0 Å². The first-order valence-corrected chi connectivity index (χ1v) is 2.68. The van der Waals surface area contributed by atoms with Crippen molar-refractivity contribution in [2.45, 2.75) is 0 Å². The molecule has 1 heterocycles. The Balaban J connectivity index is 0. The van der Waals surface area contributed by atoms with E-state index in [0.717, 1.165) is 0 Å². The van der Waals surface area contributed by atoms with Gasteiger partial charge in [0.1, 0.15) is 6.07 Å². The lowest BCUT2D eigenvalue weighted by Crippen LogP contribution is -2.06. The molecule has 6 heteroatoms. The molecule has 66 valence electrons. The fraction of sp³-hybridized carbons (Fsp3) is 0. The highest BCUT2D eigenvalue weighted by Gasteiger charge is 1.90. The molecule has 0 radical (unpaired) electrons. The number of aromatic nitrogens is 1. The van der Waals surface area contributed by atoms with Crippen LogP contribution in [0.3, 0.4) is 0 Å². The van der Waals surface area contributed by atoms with Crippen molar-refractivity contribution in [2.24, 2.45) is 5.84 Å². The van der Waals surface area contributed by atoms with Gasteiger partial charge < -0.3 is 5.43 Å². The normalized spacial score (nSPS) is 7.00. The lowest BCUT2D eigenvalue weighted by Gasteiger charge is -1.96. The molecule has 0 unspecified atom stereocenters. The average molecular weight is 207 g/mol. The van der Waals surface area contributed by atoms with Crippen LogP contribution in [0.5, 0.6) is 0 Å². The molecule has 4 nitrogen and oxygen atoms in total. The molecule has 0 aliphatic carbocycles. The van der Waals surface area contributed by atoms with Crippen LogP contribution < -0.4 is 11.3 Å². The zero-order valence-electron chi connectivity index (χ0n) is 6.02. The van der Waals surface area contributed by atoms with E-state index in [1.165, 1.54) is 6.20 Å². The molecule has 0 aromatic carbocycles. The summed E-state index contributed by atoms with van der Waals surface area (Å²) in [5.74, 6) is 5.07. The van der Waals surface area contributed by atoms with E-state index in [1.54, 1.807) is 12.3 Å². The summed E-state index contributed by atoms with van der Waals surface area (Å²) in [6.45, 7) is 0. The molecule has 0 amide bonds. The average Bonchev–Trinajstić information content (AvgIpc) is 2.05. The van der Waals surface area contributed by atoms with Crippen LogP contribution in [0, 0.1) is 11.3 Å². The maximum Gasteiger partial charge on any atom is 0.101 e. The van der Waals surface area contributed by atoms with Gasteiger partial charge in [-0.15, -0.1) is 24.8 Å². The zero-order chi connectivity index (χ0) is 7.40. The van der Waals surface area contributed by atoms with Gasteiger partial charge >= 0.3 is 0 Å². The van der Waals surface area contributed by atoms with Crippen LogP contribution in [-0.4, -0.2) is 4.98 Å². The number of nitrogens with two attached hydrogens (primary N) is 1. The SMILES string of the molecule is Cl.Cl.N#Cc1cncc(NN)c1. The van der Waals surface area contributed by atoms with Crippen molar-refractivity contribution >= 4 is 30.5 Å². The Bertz CT molecular complexity index is 270. The minimum Gasteiger partial charge on any atom is -0.323 e. The number of nitrogens with zero attached hydrogens (tertiary/aromatic N) is 2. The lowest BCUT2D eigenvalue weighted by atomic mass is 10.3. The predicted molar refractivity (Wildman–Crippen MR) is 51.3 cm³/mol. The van der Waals surface area contributed by atoms with Crippen LogP contribution in [0.2, 0.25) is 0 Å². The van der Waals surface area contributed by atoms with Gasteiger partial charge in [0.15, 0.2) is 0 Å². The third kappa shape index (κ3) is 3.39. The first-order valence-electron chi connectivity index (χ1n) is 2.68. The molecule has 0 saturated heterocycles. The topological polar surface area (TPSA) is 74.7 Å². The fourth-order valence-corrected chi connectivity index (χ4v) is 0.580. The van der Waals surface area contributed by atoms with Gasteiger partial charge in [-0.25, -0.2) is 0 Å². The Morgan fingerprint density at radius 2 is 2.08 bits per heavy atom. The van der Waals surface area contributed by atoms with Gasteiger partial charge in [0.25, 0.3) is 0 Å². The minimum atomic E-state index is 0. The number of pyridine rings is 1. The third-order valence-electron chi connectivity index (χ3n) is 1.03. The summed E-state index contributed by atoms with van der Waals surface area (Å²) >= 11 is 0. The highest BCUT2D eigenvalue weighted by atomic mass is 35.5. The van der Waals surface area contributed by atoms with Crippen molar-refractivity contribution < 1.29 is 0 Å². The summed E-state index contributed by atoms with van der Waals surface area (Å²) in [7, 11) is 0. The Labute approximate surface area is 82.6 Å². The van der Waals surface area contributed by atoms with Gasteiger partial charge in [-0.05, 0) is 6.07 Å². The molecule has 1 aromatic rings. The molecule has 3 N–H and O–H groups in total. The van der Waals surface area contributed by atoms with E-state index in [2.05, 4.69) is 10.4 Å². The van der Waals surface area contributed by atoms with Crippen LogP contribution >= 0.6 is 24.8 Å². The molecule has 0 bridgehead atoms. The van der Waals surface area contributed by atoms with Gasteiger partial charge in [-0.1, -0.05) is 0 Å². The molecule has 0 fully saturated rings. The third-order valence-corrected chi connectivity index (χ3v) is 1.03. The summed E-state index contributed by atoms with van der Waals surface area (Å²) in [6, 6.07) is 3.56. The zero-order valence-corrected chi connectivity index (χ0v) is 7.65. The number of nitrogen functional groups attached to an aromatic ring is 1. The van der Waals surface area contributed by atoms with Crippen molar-refractivity contribution in [1.82, 2.24) is 4.98 Å². The fourth-order valence-electron chi connectivity index (χ4n) is 0.580. The summed E-state index contributed by atoms with van der Waals surface area (Å²) in [5, 5.41) is 8.40. The number of halogens is 2. The van der Waals surface area contributed by atoms with E-state index >= 15 is 0 Å². The van der Waals surface area contributed by atoms with Crippen LogP contribution in [0.25, 0.3) is 0 Å². The van der Waals surface area contributed by atoms with E-state index in [0.29, 0.717) is 11.3 Å². The number of hydrazine groups is 1. The predicted octanol–water partition coefficient (Wildman–Crippen LogP) is 1.08. The second-order valence-corrected chi connectivity index (χ2v) is 1.72. The second-order valence-electron chi connectivity index (χ2n) is 1.72. The van der Waals surface area contributed by atoms with Gasteiger partial charge in [-0.3, -0.25) is 10.8 Å². The Morgan fingerprint density at radius 1 is 1.42 bits per heavy atom. The Kier molecular flexibility index (Phi) is 7.54. The second kappa shape index (κ2) is 6.68. The van der Waals surface area contributed by atoms with Gasteiger partial charge in [-0.2, -0.15) is 5.26 Å². The standard InChI is InChI=1S/C6H6N4.2ClH/c7-2-5-1-6(10-8)4-9-3-5;;/h1,3-4,10H,8H2;2*1H. The molecule has 0 aliphatic heterocycles. The van der Waals surface area contributed by atoms with Crippen molar-refractivity contribution in [2.75, 3.05) is 5.43 Å². The first kappa shape index (κ1) is 13.6. The van der Waals surface area contributed by atoms with Crippen LogP contribution in [0.15, 0.2) is 18.5 Å². The highest BCUT2D eigenvalue weighted by molar-refractivity contribution is 5.85. The molecule has 0 spiro atoms. The summed E-state index contributed by atoms with van der Waals surface area (Å²) in [4.78, 5) is 3.76. The monoisotopic (exact) mass is 206 g/mol. The largest absolute Gasteiger partial charge is 0.323 e. The van der Waals surface area contributed by atoms with Crippen LogP contribution in [0.4, 0.5) is 5.69 Å². The number of nitriles is 1. The van der Waals surface area contributed by atoms with Crippen molar-refractivity contribution in [3.63, 3.8) is 0 Å². The number of rotatable bonds is 1. The lowest BCUT2D eigenvalue weighted by molar-refractivity contribution is 1.25. The molecule has 12 heavy (non-hydrogen) atoms. The van der Waals surface area contributed by atoms with Gasteiger partial charge in [0, 0.05) is 6.20 Å². The molecule has 0 saturated carbocycles. The maximum atomic E-state index is 8.40. The highest BCUT2D eigenvalue weighted by Crippen LogP contribution is 2.04. The molecular formula is C6H8Cl2N4. The van der Waals surface area contributed by atoms with Crippen molar-refractivity contribution in [3.05, 3.63) is 24.0 Å². The van der Waals surface area contributed by atoms with Gasteiger partial charge in [0.05, 0.1) is 17.4 Å². The molecule has 1 rings (SSSR count). The smallest absolute Gasteiger partial charge is 0.101 e. The number of hydrogen-bond acceptors (Lipinski definition) is 4.